The molecule has 1 aromatic carbocycles. The van der Waals surface area contributed by atoms with Crippen molar-refractivity contribution < 1.29 is 35.2 Å². The Morgan fingerprint density at radius 3 is 2.13 bits per heavy atom. The van der Waals surface area contributed by atoms with Gasteiger partial charge in [-0.3, -0.25) is 4.79 Å². The third-order valence-corrected chi connectivity index (χ3v) is 7.05. The number of rotatable bonds is 13. The van der Waals surface area contributed by atoms with Crippen LogP contribution in [0.4, 0.5) is 0 Å². The van der Waals surface area contributed by atoms with E-state index in [-0.39, 0.29) is 29.1 Å². The van der Waals surface area contributed by atoms with Gasteiger partial charge in [0.15, 0.2) is 0 Å². The lowest BCUT2D eigenvalue weighted by Crippen LogP contribution is -2.47. The Hall–Kier alpha value is -1.53. The summed E-state index contributed by atoms with van der Waals surface area (Å²) in [5.74, 6) is -0.687. The molecule has 1 N–H and O–H groups in total. The van der Waals surface area contributed by atoms with Crippen LogP contribution in [0.15, 0.2) is 29.2 Å². The molecule has 1 rings (SSSR count). The molecule has 0 aliphatic carbocycles. The summed E-state index contributed by atoms with van der Waals surface area (Å²) in [5.41, 5.74) is 0.852. The summed E-state index contributed by atoms with van der Waals surface area (Å²) >= 11 is 0. The van der Waals surface area contributed by atoms with Gasteiger partial charge < -0.3 is 18.9 Å². The molecule has 0 aliphatic rings. The molecule has 0 radical (unpaired) electrons. The molecular formula is C20H33N2O7S2-. The molecule has 9 nitrogen and oxygen atoms in total. The van der Waals surface area contributed by atoms with Gasteiger partial charge in [0.05, 0.1) is 48.7 Å². The van der Waals surface area contributed by atoms with Crippen LogP contribution in [0, 0.1) is 5.92 Å². The van der Waals surface area contributed by atoms with Crippen LogP contribution in [0.1, 0.15) is 44.6 Å². The number of carbonyl (C=O) groups excluding carboxylic acids is 1. The Morgan fingerprint density at radius 1 is 1.06 bits per heavy atom. The number of nitrogens with one attached hydrogen (secondary N) is 1. The van der Waals surface area contributed by atoms with E-state index in [1.165, 1.54) is 12.1 Å². The molecule has 0 bridgehead atoms. The molecule has 178 valence electrons. The van der Waals surface area contributed by atoms with Crippen molar-refractivity contribution in [1.29, 1.82) is 0 Å². The average molecular weight is 478 g/mol. The van der Waals surface area contributed by atoms with E-state index in [9.17, 15) is 30.7 Å². The molecule has 2 unspecified atom stereocenters. The van der Waals surface area contributed by atoms with E-state index in [0.717, 1.165) is 5.56 Å². The van der Waals surface area contributed by atoms with E-state index in [0.29, 0.717) is 37.0 Å². The maximum atomic E-state index is 12.6. The van der Waals surface area contributed by atoms with Crippen molar-refractivity contribution in [3.63, 3.8) is 0 Å². The van der Waals surface area contributed by atoms with E-state index in [4.69, 9.17) is 0 Å². The van der Waals surface area contributed by atoms with Crippen LogP contribution >= 0.6 is 0 Å². The van der Waals surface area contributed by atoms with Gasteiger partial charge in [-0.2, -0.15) is 0 Å². The van der Waals surface area contributed by atoms with Crippen molar-refractivity contribution in [2.45, 2.75) is 43.9 Å². The summed E-state index contributed by atoms with van der Waals surface area (Å²) in [7, 11) is -4.87. The Balaban J connectivity index is 2.55. The normalized spacial score (nSPS) is 14.8. The lowest BCUT2D eigenvalue weighted by molar-refractivity contribution is -0.889. The van der Waals surface area contributed by atoms with E-state index in [2.05, 4.69) is 5.32 Å². The van der Waals surface area contributed by atoms with Crippen LogP contribution in [0.25, 0.3) is 0 Å². The van der Waals surface area contributed by atoms with Crippen molar-refractivity contribution in [2.24, 2.45) is 5.92 Å². The Labute approximate surface area is 185 Å². The molecule has 0 fully saturated rings. The van der Waals surface area contributed by atoms with Crippen LogP contribution in [-0.4, -0.2) is 75.8 Å². The number of likely N-dealkylation sites (N-methyl/N-ethyl adjacent to an activating group) is 1. The zero-order valence-electron chi connectivity index (χ0n) is 18.5. The van der Waals surface area contributed by atoms with Gasteiger partial charge in [-0.1, -0.05) is 26.0 Å². The molecule has 0 aliphatic heterocycles. The molecule has 31 heavy (non-hydrogen) atoms. The second-order valence-electron chi connectivity index (χ2n) is 8.55. The van der Waals surface area contributed by atoms with Gasteiger partial charge in [-0.25, -0.2) is 16.8 Å². The molecule has 2 atom stereocenters. The minimum Gasteiger partial charge on any atom is -0.748 e. The van der Waals surface area contributed by atoms with Crippen LogP contribution in [0.2, 0.25) is 0 Å². The van der Waals surface area contributed by atoms with Crippen LogP contribution in [0.3, 0.4) is 0 Å². The predicted molar refractivity (Wildman–Crippen MR) is 115 cm³/mol. The minimum absolute atomic E-state index is 0.000341. The van der Waals surface area contributed by atoms with Gasteiger partial charge >= 0.3 is 0 Å². The lowest BCUT2D eigenvalue weighted by Gasteiger charge is -2.30. The summed E-state index contributed by atoms with van der Waals surface area (Å²) in [6.07, 6.45) is 1.49. The third kappa shape index (κ3) is 10.6. The highest BCUT2D eigenvalue weighted by atomic mass is 32.2. The quantitative estimate of drug-likeness (QED) is 0.332. The third-order valence-electron chi connectivity index (χ3n) is 5.41. The average Bonchev–Trinajstić information content (AvgIpc) is 2.63. The zero-order valence-corrected chi connectivity index (χ0v) is 20.2. The molecular weight excluding hydrogens is 444 g/mol. The number of benzene rings is 1. The van der Waals surface area contributed by atoms with E-state index in [1.807, 2.05) is 27.9 Å². The van der Waals surface area contributed by atoms with E-state index in [1.54, 1.807) is 12.1 Å². The SMILES string of the molecule is CCC(CC(C)c1ccc(S(=O)(=O)[O-])cc1)C(=O)NCC[N+](C)(C)CCCS(=O)(=O)[O-]. The van der Waals surface area contributed by atoms with Gasteiger partial charge in [0.2, 0.25) is 5.91 Å². The number of quaternary nitrogens is 1. The van der Waals surface area contributed by atoms with Crippen LogP contribution < -0.4 is 5.32 Å². The summed E-state index contributed by atoms with van der Waals surface area (Å²) in [6, 6.07) is 5.77. The summed E-state index contributed by atoms with van der Waals surface area (Å²) in [4.78, 5) is 12.3. The Bertz CT molecular complexity index is 927. The van der Waals surface area contributed by atoms with E-state index >= 15 is 0 Å². The first kappa shape index (κ1) is 27.5. The van der Waals surface area contributed by atoms with Gasteiger partial charge in [0.1, 0.15) is 10.1 Å². The van der Waals surface area contributed by atoms with Crippen molar-refractivity contribution in [1.82, 2.24) is 5.32 Å². The number of hydrogen-bond donors (Lipinski definition) is 1. The first-order valence-corrected chi connectivity index (χ1v) is 13.2. The summed E-state index contributed by atoms with van der Waals surface area (Å²) < 4.78 is 65.8. The fourth-order valence-corrected chi connectivity index (χ4v) is 4.34. The first-order valence-electron chi connectivity index (χ1n) is 10.2. The van der Waals surface area contributed by atoms with Crippen molar-refractivity contribution in [3.05, 3.63) is 29.8 Å². The summed E-state index contributed by atoms with van der Waals surface area (Å²) in [5, 5.41) is 2.93. The molecule has 0 spiro atoms. The molecule has 1 aromatic rings. The predicted octanol–water partition coefficient (Wildman–Crippen LogP) is 1.24. The fourth-order valence-electron chi connectivity index (χ4n) is 3.39. The first-order chi connectivity index (χ1) is 14.1. The number of carbonyl (C=O) groups is 1. The van der Waals surface area contributed by atoms with Gasteiger partial charge in [-0.15, -0.1) is 0 Å². The highest BCUT2D eigenvalue weighted by molar-refractivity contribution is 7.86. The standard InChI is InChI=1S/C20H34N2O7S2/c1-5-17(15-16(2)18-7-9-19(10-8-18)31(27,28)29)20(23)21-11-13-22(3,4)12-6-14-30(24,25)26/h7-10,16-17H,5-6,11-15H2,1-4H3,(H2-,21,23,24,25,26,27,28,29)/p-1. The topological polar surface area (TPSA) is 144 Å². The smallest absolute Gasteiger partial charge is 0.223 e. The summed E-state index contributed by atoms with van der Waals surface area (Å²) in [6.45, 7) is 5.41. The van der Waals surface area contributed by atoms with Gasteiger partial charge in [0.25, 0.3) is 0 Å². The molecule has 0 heterocycles. The molecule has 0 aromatic heterocycles. The fraction of sp³-hybridized carbons (Fsp3) is 0.650. The van der Waals surface area contributed by atoms with Crippen LogP contribution in [0.5, 0.6) is 0 Å². The zero-order chi connectivity index (χ0) is 23.9. The molecule has 11 heteroatoms. The minimum atomic E-state index is -4.48. The highest BCUT2D eigenvalue weighted by Gasteiger charge is 2.22. The number of hydrogen-bond acceptors (Lipinski definition) is 7. The highest BCUT2D eigenvalue weighted by Crippen LogP contribution is 2.26. The maximum Gasteiger partial charge on any atom is 0.223 e. The van der Waals surface area contributed by atoms with Gasteiger partial charge in [0, 0.05) is 18.1 Å². The van der Waals surface area contributed by atoms with Crippen molar-refractivity contribution in [2.75, 3.05) is 39.5 Å². The molecule has 0 saturated carbocycles. The van der Waals surface area contributed by atoms with Crippen LogP contribution in [-0.2, 0) is 25.0 Å². The number of nitrogens with zero attached hydrogens (tertiary/aromatic N) is 1. The van der Waals surface area contributed by atoms with Crippen molar-refractivity contribution in [3.8, 4) is 0 Å². The number of amides is 1. The molecule has 1 amide bonds. The molecule has 0 saturated heterocycles. The monoisotopic (exact) mass is 477 g/mol. The Morgan fingerprint density at radius 2 is 1.65 bits per heavy atom. The lowest BCUT2D eigenvalue weighted by atomic mass is 9.88. The van der Waals surface area contributed by atoms with E-state index < -0.39 is 26.0 Å². The van der Waals surface area contributed by atoms with Crippen molar-refractivity contribution >= 4 is 26.1 Å². The largest absolute Gasteiger partial charge is 0.748 e. The second kappa shape index (κ2) is 11.4. The second-order valence-corrected chi connectivity index (χ2v) is 11.5. The van der Waals surface area contributed by atoms with Gasteiger partial charge in [-0.05, 0) is 36.5 Å². The Kier molecular flexibility index (Phi) is 10.1. The maximum absolute atomic E-state index is 12.6.